The molecule has 0 fully saturated rings. The van der Waals surface area contributed by atoms with Crippen LogP contribution < -0.4 is 0 Å². The first-order valence-corrected chi connectivity index (χ1v) is 5.30. The molecule has 0 aliphatic carbocycles. The van der Waals surface area contributed by atoms with Crippen LogP contribution in [-0.4, -0.2) is 0 Å². The quantitative estimate of drug-likeness (QED) is 0.643. The summed E-state index contributed by atoms with van der Waals surface area (Å²) in [4.78, 5) is 0. The highest BCUT2D eigenvalue weighted by Gasteiger charge is 2.04. The maximum atomic E-state index is 6.15. The van der Waals surface area contributed by atoms with Gasteiger partial charge in [-0.25, -0.2) is 0 Å². The molecule has 0 aromatic heterocycles. The maximum absolute atomic E-state index is 6.15. The Morgan fingerprint density at radius 2 is 2.21 bits per heavy atom. The van der Waals surface area contributed by atoms with Crippen molar-refractivity contribution in [3.05, 3.63) is 53.9 Å². The molecule has 0 aliphatic rings. The van der Waals surface area contributed by atoms with Crippen molar-refractivity contribution in [2.75, 3.05) is 0 Å². The number of hydrogen-bond acceptors (Lipinski definition) is 0. The summed E-state index contributed by atoms with van der Waals surface area (Å²) in [6.07, 6.45) is 3.98. The van der Waals surface area contributed by atoms with Crippen LogP contribution in [0.15, 0.2) is 30.9 Å². The molecule has 1 rings (SSSR count). The Labute approximate surface area is 91.6 Å². The molecule has 0 bridgehead atoms. The number of aryl methyl sites for hydroxylation is 1. The van der Waals surface area contributed by atoms with Crippen molar-refractivity contribution in [1.82, 2.24) is 0 Å². The number of benzene rings is 1. The molecule has 0 saturated carbocycles. The van der Waals surface area contributed by atoms with Gasteiger partial charge in [-0.1, -0.05) is 43.2 Å². The Kier molecular flexibility index (Phi) is 4.21. The third-order valence-electron chi connectivity index (χ3n) is 2.31. The van der Waals surface area contributed by atoms with E-state index in [0.717, 1.165) is 23.4 Å². The van der Waals surface area contributed by atoms with Gasteiger partial charge in [0.2, 0.25) is 0 Å². The van der Waals surface area contributed by atoms with Crippen LogP contribution in [0.25, 0.3) is 0 Å². The molecule has 1 aromatic carbocycles. The first kappa shape index (κ1) is 11.3. The SMILES string of the molecule is [CH2]C(C=C)c1ccc(CCC)c(Cl)c1. The molecule has 1 heteroatoms. The van der Waals surface area contributed by atoms with Crippen LogP contribution in [0.3, 0.4) is 0 Å². The first-order valence-electron chi connectivity index (χ1n) is 4.93. The molecule has 1 unspecified atom stereocenters. The van der Waals surface area contributed by atoms with Gasteiger partial charge < -0.3 is 0 Å². The van der Waals surface area contributed by atoms with E-state index < -0.39 is 0 Å². The normalized spacial score (nSPS) is 12.5. The summed E-state index contributed by atoms with van der Waals surface area (Å²) in [6, 6.07) is 6.16. The van der Waals surface area contributed by atoms with Gasteiger partial charge in [0.15, 0.2) is 0 Å². The summed E-state index contributed by atoms with van der Waals surface area (Å²) in [5.74, 6) is 0.128. The zero-order valence-electron chi connectivity index (χ0n) is 8.59. The van der Waals surface area contributed by atoms with Crippen LogP contribution in [0.1, 0.15) is 30.4 Å². The summed E-state index contributed by atoms with van der Waals surface area (Å²) in [5.41, 5.74) is 2.35. The van der Waals surface area contributed by atoms with Gasteiger partial charge in [0, 0.05) is 10.9 Å². The van der Waals surface area contributed by atoms with E-state index in [4.69, 9.17) is 11.6 Å². The Morgan fingerprint density at radius 1 is 1.50 bits per heavy atom. The minimum absolute atomic E-state index is 0.128. The predicted octanol–water partition coefficient (Wildman–Crippen LogP) is 4.40. The Hall–Kier alpha value is -0.750. The summed E-state index contributed by atoms with van der Waals surface area (Å²) in [7, 11) is 0. The molecule has 0 nitrogen and oxygen atoms in total. The van der Waals surface area contributed by atoms with Crippen molar-refractivity contribution in [1.29, 1.82) is 0 Å². The van der Waals surface area contributed by atoms with Crippen LogP contribution in [-0.2, 0) is 6.42 Å². The van der Waals surface area contributed by atoms with Gasteiger partial charge in [0.1, 0.15) is 0 Å². The molecule has 14 heavy (non-hydrogen) atoms. The van der Waals surface area contributed by atoms with Crippen molar-refractivity contribution < 1.29 is 0 Å². The fourth-order valence-corrected chi connectivity index (χ4v) is 1.69. The lowest BCUT2D eigenvalue weighted by Gasteiger charge is -2.09. The van der Waals surface area contributed by atoms with Gasteiger partial charge in [0.25, 0.3) is 0 Å². The fraction of sp³-hybridized carbons (Fsp3) is 0.308. The van der Waals surface area contributed by atoms with Crippen LogP contribution in [0.4, 0.5) is 0 Å². The molecule has 1 aromatic rings. The lowest BCUT2D eigenvalue weighted by molar-refractivity contribution is 0.919. The van der Waals surface area contributed by atoms with Crippen LogP contribution >= 0.6 is 11.6 Å². The molecule has 0 N–H and O–H groups in total. The lowest BCUT2D eigenvalue weighted by atomic mass is 9.99. The maximum Gasteiger partial charge on any atom is 0.0440 e. The second-order valence-electron chi connectivity index (χ2n) is 3.44. The average molecular weight is 208 g/mol. The molecule has 0 heterocycles. The standard InChI is InChI=1S/C13H16Cl/c1-4-6-11-7-8-12(9-13(11)14)10(3)5-2/h5,7-10H,2-4,6H2,1H3. The van der Waals surface area contributed by atoms with Gasteiger partial charge >= 0.3 is 0 Å². The van der Waals surface area contributed by atoms with Gasteiger partial charge in [-0.05, 0) is 30.5 Å². The third kappa shape index (κ3) is 2.62. The summed E-state index contributed by atoms with van der Waals surface area (Å²) in [6.45, 7) is 9.84. The molecular weight excluding hydrogens is 192 g/mol. The molecule has 0 aliphatic heterocycles. The largest absolute Gasteiger partial charge is 0.102 e. The van der Waals surface area contributed by atoms with E-state index in [1.807, 2.05) is 12.1 Å². The summed E-state index contributed by atoms with van der Waals surface area (Å²) >= 11 is 6.15. The van der Waals surface area contributed by atoms with Crippen LogP contribution in [0.2, 0.25) is 5.02 Å². The average Bonchev–Trinajstić information content (AvgIpc) is 2.20. The van der Waals surface area contributed by atoms with Crippen molar-refractivity contribution in [3.63, 3.8) is 0 Å². The van der Waals surface area contributed by atoms with Crippen molar-refractivity contribution in [2.24, 2.45) is 0 Å². The third-order valence-corrected chi connectivity index (χ3v) is 2.66. The van der Waals surface area contributed by atoms with Crippen molar-refractivity contribution >= 4 is 11.6 Å². The van der Waals surface area contributed by atoms with E-state index in [1.54, 1.807) is 0 Å². The van der Waals surface area contributed by atoms with Gasteiger partial charge in [-0.3, -0.25) is 0 Å². The molecule has 1 radical (unpaired) electrons. The molecule has 75 valence electrons. The van der Waals surface area contributed by atoms with Gasteiger partial charge in [0.05, 0.1) is 0 Å². The van der Waals surface area contributed by atoms with Gasteiger partial charge in [-0.2, -0.15) is 0 Å². The highest BCUT2D eigenvalue weighted by atomic mass is 35.5. The van der Waals surface area contributed by atoms with Crippen LogP contribution in [0.5, 0.6) is 0 Å². The summed E-state index contributed by atoms with van der Waals surface area (Å²) in [5, 5.41) is 0.847. The minimum atomic E-state index is 0.128. The van der Waals surface area contributed by atoms with Crippen molar-refractivity contribution in [3.8, 4) is 0 Å². The van der Waals surface area contributed by atoms with E-state index in [9.17, 15) is 0 Å². The topological polar surface area (TPSA) is 0 Å². The zero-order chi connectivity index (χ0) is 10.6. The number of halogens is 1. The van der Waals surface area contributed by atoms with E-state index in [0.29, 0.717) is 0 Å². The van der Waals surface area contributed by atoms with E-state index in [2.05, 4.69) is 32.6 Å². The Morgan fingerprint density at radius 3 is 2.71 bits per heavy atom. The van der Waals surface area contributed by atoms with E-state index in [-0.39, 0.29) is 5.92 Å². The monoisotopic (exact) mass is 207 g/mol. The molecule has 0 saturated heterocycles. The number of allylic oxidation sites excluding steroid dienone is 1. The Balaban J connectivity index is 2.93. The highest BCUT2D eigenvalue weighted by molar-refractivity contribution is 6.31. The second kappa shape index (κ2) is 5.21. The van der Waals surface area contributed by atoms with E-state index in [1.165, 1.54) is 5.56 Å². The number of rotatable bonds is 4. The molecule has 0 spiro atoms. The zero-order valence-corrected chi connectivity index (χ0v) is 9.35. The Bertz CT molecular complexity index is 315. The first-order chi connectivity index (χ1) is 6.69. The summed E-state index contributed by atoms with van der Waals surface area (Å²) < 4.78 is 0. The smallest absolute Gasteiger partial charge is 0.0440 e. The van der Waals surface area contributed by atoms with Gasteiger partial charge in [-0.15, -0.1) is 6.58 Å². The number of hydrogen-bond donors (Lipinski definition) is 0. The lowest BCUT2D eigenvalue weighted by Crippen LogP contribution is -1.92. The molecular formula is C13H16Cl. The minimum Gasteiger partial charge on any atom is -0.102 e. The second-order valence-corrected chi connectivity index (χ2v) is 3.85. The van der Waals surface area contributed by atoms with E-state index >= 15 is 0 Å². The highest BCUT2D eigenvalue weighted by Crippen LogP contribution is 2.24. The fourth-order valence-electron chi connectivity index (χ4n) is 1.40. The molecule has 1 atom stereocenters. The molecule has 0 amide bonds. The predicted molar refractivity (Wildman–Crippen MR) is 63.7 cm³/mol. The van der Waals surface area contributed by atoms with Crippen LogP contribution in [0, 0.1) is 6.92 Å². The van der Waals surface area contributed by atoms with Crippen molar-refractivity contribution in [2.45, 2.75) is 25.7 Å².